The van der Waals surface area contributed by atoms with E-state index >= 15 is 0 Å². The molecule has 1 aromatic heterocycles. The average molecular weight is 330 g/mol. The highest BCUT2D eigenvalue weighted by atomic mass is 35.5. The first-order chi connectivity index (χ1) is 10.1. The molecule has 1 heterocycles. The number of nitrogens with zero attached hydrogens (tertiary/aromatic N) is 3. The van der Waals surface area contributed by atoms with Crippen LogP contribution in [0, 0.1) is 0 Å². The number of nitrogens with one attached hydrogen (secondary N) is 1. The van der Waals surface area contributed by atoms with Crippen LogP contribution in [0.25, 0.3) is 0 Å². The molecule has 0 bridgehead atoms. The zero-order valence-corrected chi connectivity index (χ0v) is 12.6. The Balaban J connectivity index is 2.23. The first-order valence-electron chi connectivity index (χ1n) is 6.10. The number of aromatic nitrogens is 3. The molecule has 21 heavy (non-hydrogen) atoms. The lowest BCUT2D eigenvalue weighted by atomic mass is 10.3. The summed E-state index contributed by atoms with van der Waals surface area (Å²) in [6.45, 7) is 2.44. The summed E-state index contributed by atoms with van der Waals surface area (Å²) in [5.41, 5.74) is 2.32. The first kappa shape index (κ1) is 15.6. The minimum atomic E-state index is 0.0300. The van der Waals surface area contributed by atoms with Crippen molar-refractivity contribution in [3.63, 3.8) is 0 Å². The van der Waals surface area contributed by atoms with Crippen molar-refractivity contribution in [2.75, 3.05) is 12.0 Å². The van der Waals surface area contributed by atoms with Gasteiger partial charge in [0.1, 0.15) is 5.75 Å². The number of nitrogen functional groups attached to an aromatic ring is 1. The second-order valence-electron chi connectivity index (χ2n) is 3.89. The van der Waals surface area contributed by atoms with Crippen LogP contribution in [0.5, 0.6) is 17.8 Å². The smallest absolute Gasteiger partial charge is 0.330 e. The Morgan fingerprint density at radius 2 is 1.90 bits per heavy atom. The van der Waals surface area contributed by atoms with Crippen molar-refractivity contribution in [2.45, 2.75) is 13.3 Å². The molecular weight excluding hydrogens is 317 g/mol. The number of nitrogens with two attached hydrogens (primary N) is 1. The van der Waals surface area contributed by atoms with Gasteiger partial charge in [0.25, 0.3) is 0 Å². The number of hydrogen-bond acceptors (Lipinski definition) is 7. The minimum absolute atomic E-state index is 0.0300. The van der Waals surface area contributed by atoms with Crippen molar-refractivity contribution < 1.29 is 9.47 Å². The van der Waals surface area contributed by atoms with Gasteiger partial charge in [-0.15, -0.1) is 4.98 Å². The Morgan fingerprint density at radius 1 is 1.14 bits per heavy atom. The van der Waals surface area contributed by atoms with Gasteiger partial charge in [0, 0.05) is 6.07 Å². The van der Waals surface area contributed by atoms with Crippen LogP contribution < -0.4 is 20.7 Å². The minimum Gasteiger partial charge on any atom is -0.463 e. The van der Waals surface area contributed by atoms with Gasteiger partial charge in [0.05, 0.1) is 16.7 Å². The van der Waals surface area contributed by atoms with Gasteiger partial charge in [0.2, 0.25) is 5.95 Å². The molecule has 0 saturated carbocycles. The molecule has 0 aliphatic carbocycles. The van der Waals surface area contributed by atoms with E-state index < -0.39 is 0 Å². The lowest BCUT2D eigenvalue weighted by molar-refractivity contribution is 0.285. The van der Waals surface area contributed by atoms with E-state index in [9.17, 15) is 0 Å². The third-order valence-electron chi connectivity index (χ3n) is 2.26. The molecule has 0 spiro atoms. The molecule has 0 aliphatic rings. The Hall–Kier alpha value is -1.83. The van der Waals surface area contributed by atoms with E-state index in [1.54, 1.807) is 18.2 Å². The molecule has 0 atom stereocenters. The highest BCUT2D eigenvalue weighted by Gasteiger charge is 2.10. The SMILES string of the molecule is CCCOc1nc(NN)nc(Oc2ccc(Cl)c(Cl)c2)n1. The maximum atomic E-state index is 5.92. The summed E-state index contributed by atoms with van der Waals surface area (Å²) in [5, 5.41) is 0.791. The predicted octanol–water partition coefficient (Wildman–Crippen LogP) is 3.05. The highest BCUT2D eigenvalue weighted by Crippen LogP contribution is 2.28. The summed E-state index contributed by atoms with van der Waals surface area (Å²) in [5.74, 6) is 5.86. The standard InChI is InChI=1S/C12H13Cl2N5O2/c1-2-5-20-11-16-10(19-15)17-12(18-11)21-7-3-4-8(13)9(14)6-7/h3-4,6H,2,5,15H2,1H3,(H,16,17,18,19). The molecular formula is C12H13Cl2N5O2. The summed E-state index contributed by atoms with van der Waals surface area (Å²) < 4.78 is 10.8. The quantitative estimate of drug-likeness (QED) is 0.621. The molecule has 0 saturated heterocycles. The Morgan fingerprint density at radius 3 is 2.57 bits per heavy atom. The third kappa shape index (κ3) is 4.32. The van der Waals surface area contributed by atoms with Gasteiger partial charge in [0.15, 0.2) is 0 Å². The third-order valence-corrected chi connectivity index (χ3v) is 3.00. The predicted molar refractivity (Wildman–Crippen MR) is 80.0 cm³/mol. The second kappa shape index (κ2) is 7.26. The summed E-state index contributed by atoms with van der Waals surface area (Å²) in [4.78, 5) is 12.0. The molecule has 0 radical (unpaired) electrons. The summed E-state index contributed by atoms with van der Waals surface area (Å²) in [6, 6.07) is 4.95. The van der Waals surface area contributed by atoms with Crippen LogP contribution in [0.2, 0.25) is 10.0 Å². The van der Waals surface area contributed by atoms with Crippen LogP contribution >= 0.6 is 23.2 Å². The van der Waals surface area contributed by atoms with Gasteiger partial charge in [-0.05, 0) is 18.6 Å². The molecule has 1 aromatic carbocycles. The molecule has 2 rings (SSSR count). The molecule has 0 unspecified atom stereocenters. The maximum absolute atomic E-state index is 5.92. The summed E-state index contributed by atoms with van der Waals surface area (Å²) in [6.07, 6.45) is 0.819. The second-order valence-corrected chi connectivity index (χ2v) is 4.71. The van der Waals surface area contributed by atoms with E-state index in [1.165, 1.54) is 0 Å². The van der Waals surface area contributed by atoms with Crippen molar-refractivity contribution >= 4 is 29.2 Å². The van der Waals surface area contributed by atoms with Gasteiger partial charge in [-0.3, -0.25) is 5.43 Å². The Bertz CT molecular complexity index is 627. The summed E-state index contributed by atoms with van der Waals surface area (Å²) in [7, 11) is 0. The van der Waals surface area contributed by atoms with E-state index in [0.717, 1.165) is 6.42 Å². The van der Waals surface area contributed by atoms with E-state index in [1.807, 2.05) is 6.92 Å². The number of benzene rings is 1. The van der Waals surface area contributed by atoms with Gasteiger partial charge in [-0.1, -0.05) is 30.1 Å². The number of hydrogen-bond donors (Lipinski definition) is 2. The van der Waals surface area contributed by atoms with Gasteiger partial charge in [-0.2, -0.15) is 9.97 Å². The maximum Gasteiger partial charge on any atom is 0.330 e. The monoisotopic (exact) mass is 329 g/mol. The molecule has 0 amide bonds. The van der Waals surface area contributed by atoms with Gasteiger partial charge in [-0.25, -0.2) is 5.84 Å². The van der Waals surface area contributed by atoms with Crippen LogP contribution in [-0.2, 0) is 0 Å². The Labute approximate surface area is 131 Å². The Kier molecular flexibility index (Phi) is 5.38. The fraction of sp³-hybridized carbons (Fsp3) is 0.250. The first-order valence-corrected chi connectivity index (χ1v) is 6.86. The number of anilines is 1. The van der Waals surface area contributed by atoms with Crippen LogP contribution in [-0.4, -0.2) is 21.6 Å². The summed E-state index contributed by atoms with van der Waals surface area (Å²) >= 11 is 11.8. The van der Waals surface area contributed by atoms with Crippen LogP contribution in [0.3, 0.4) is 0 Å². The van der Waals surface area contributed by atoms with Crippen LogP contribution in [0.4, 0.5) is 5.95 Å². The number of rotatable bonds is 6. The zero-order chi connectivity index (χ0) is 15.2. The van der Waals surface area contributed by atoms with Crippen molar-refractivity contribution in [3.05, 3.63) is 28.2 Å². The lowest BCUT2D eigenvalue weighted by Gasteiger charge is -2.08. The fourth-order valence-corrected chi connectivity index (χ4v) is 1.64. The molecule has 0 fully saturated rings. The van der Waals surface area contributed by atoms with Gasteiger partial charge >= 0.3 is 12.0 Å². The van der Waals surface area contributed by atoms with E-state index in [0.29, 0.717) is 22.4 Å². The van der Waals surface area contributed by atoms with E-state index in [2.05, 4.69) is 20.4 Å². The van der Waals surface area contributed by atoms with Crippen molar-refractivity contribution in [1.29, 1.82) is 0 Å². The molecule has 7 nitrogen and oxygen atoms in total. The average Bonchev–Trinajstić information content (AvgIpc) is 2.48. The largest absolute Gasteiger partial charge is 0.463 e. The van der Waals surface area contributed by atoms with Crippen LogP contribution in [0.1, 0.15) is 13.3 Å². The lowest BCUT2D eigenvalue weighted by Crippen LogP contribution is -2.13. The number of halogens is 2. The topological polar surface area (TPSA) is 95.2 Å². The van der Waals surface area contributed by atoms with E-state index in [-0.39, 0.29) is 18.0 Å². The number of hydrazine groups is 1. The van der Waals surface area contributed by atoms with Crippen molar-refractivity contribution in [2.24, 2.45) is 5.84 Å². The molecule has 3 N–H and O–H groups in total. The molecule has 9 heteroatoms. The van der Waals surface area contributed by atoms with Crippen molar-refractivity contribution in [3.8, 4) is 17.8 Å². The van der Waals surface area contributed by atoms with Crippen molar-refractivity contribution in [1.82, 2.24) is 15.0 Å². The van der Waals surface area contributed by atoms with Gasteiger partial charge < -0.3 is 9.47 Å². The number of ether oxygens (including phenoxy) is 2. The highest BCUT2D eigenvalue weighted by molar-refractivity contribution is 6.42. The zero-order valence-electron chi connectivity index (χ0n) is 11.1. The molecule has 2 aromatic rings. The van der Waals surface area contributed by atoms with E-state index in [4.69, 9.17) is 38.5 Å². The molecule has 112 valence electrons. The van der Waals surface area contributed by atoms with Crippen LogP contribution in [0.15, 0.2) is 18.2 Å². The normalized spacial score (nSPS) is 10.3. The fourth-order valence-electron chi connectivity index (χ4n) is 1.35. The molecule has 0 aliphatic heterocycles.